The van der Waals surface area contributed by atoms with Crippen molar-refractivity contribution in [1.82, 2.24) is 5.32 Å². The third kappa shape index (κ3) is 4.42. The van der Waals surface area contributed by atoms with Crippen LogP contribution in [0.3, 0.4) is 0 Å². The summed E-state index contributed by atoms with van der Waals surface area (Å²) < 4.78 is 6.04. The van der Waals surface area contributed by atoms with Gasteiger partial charge in [-0.2, -0.15) is 0 Å². The Balaban J connectivity index is 2.17. The second-order valence-corrected chi connectivity index (χ2v) is 5.09. The quantitative estimate of drug-likeness (QED) is 0.652. The number of nitrogens with one attached hydrogen (secondary N) is 1. The minimum absolute atomic E-state index is 0.407. The third-order valence-corrected chi connectivity index (χ3v) is 3.90. The maximum absolute atomic E-state index is 6.04. The Bertz CT molecular complexity index is 168. The second kappa shape index (κ2) is 8.08. The van der Waals surface area contributed by atoms with Crippen LogP contribution in [0.5, 0.6) is 0 Å². The lowest BCUT2D eigenvalue weighted by atomic mass is 9.83. The first kappa shape index (κ1) is 14.0. The van der Waals surface area contributed by atoms with E-state index in [0.29, 0.717) is 12.1 Å². The molecule has 2 unspecified atom stereocenters. The highest BCUT2D eigenvalue weighted by Gasteiger charge is 2.20. The number of hydrogen-bond donors (Lipinski definition) is 1. The number of rotatable bonds is 9. The normalized spacial score (nSPS) is 20.4. The van der Waals surface area contributed by atoms with E-state index in [-0.39, 0.29) is 0 Å². The molecule has 0 aromatic rings. The van der Waals surface area contributed by atoms with Crippen LogP contribution in [0.2, 0.25) is 0 Å². The highest BCUT2D eigenvalue weighted by Crippen LogP contribution is 2.29. The van der Waals surface area contributed by atoms with Gasteiger partial charge in [0.1, 0.15) is 0 Å². The molecule has 0 aliphatic heterocycles. The van der Waals surface area contributed by atoms with E-state index in [2.05, 4.69) is 26.2 Å². The Hall–Kier alpha value is -0.0800. The maximum atomic E-state index is 6.04. The third-order valence-electron chi connectivity index (χ3n) is 3.90. The lowest BCUT2D eigenvalue weighted by Crippen LogP contribution is -2.39. The van der Waals surface area contributed by atoms with Crippen LogP contribution in [0, 0.1) is 5.92 Å². The van der Waals surface area contributed by atoms with E-state index in [1.807, 2.05) is 0 Å². The summed E-state index contributed by atoms with van der Waals surface area (Å²) >= 11 is 0. The van der Waals surface area contributed by atoms with Gasteiger partial charge in [0, 0.05) is 12.6 Å². The SMILES string of the molecule is CCCC(NC)C(CC)OCCC1CCC1. The van der Waals surface area contributed by atoms with Gasteiger partial charge in [-0.3, -0.25) is 0 Å². The standard InChI is InChI=1S/C14H29NO/c1-4-7-13(15-3)14(5-2)16-11-10-12-8-6-9-12/h12-15H,4-11H2,1-3H3. The molecule has 1 rings (SSSR count). The van der Waals surface area contributed by atoms with Crippen molar-refractivity contribution in [1.29, 1.82) is 0 Å². The minimum atomic E-state index is 0.407. The molecule has 0 saturated heterocycles. The Morgan fingerprint density at radius 1 is 1.31 bits per heavy atom. The van der Waals surface area contributed by atoms with Crippen LogP contribution in [0.25, 0.3) is 0 Å². The van der Waals surface area contributed by atoms with Crippen LogP contribution in [0.1, 0.15) is 58.8 Å². The van der Waals surface area contributed by atoms with Gasteiger partial charge in [0.05, 0.1) is 6.10 Å². The molecule has 2 atom stereocenters. The molecule has 2 heteroatoms. The molecule has 16 heavy (non-hydrogen) atoms. The molecule has 1 N–H and O–H groups in total. The summed E-state index contributed by atoms with van der Waals surface area (Å²) in [6.07, 6.45) is 9.57. The van der Waals surface area contributed by atoms with Crippen molar-refractivity contribution < 1.29 is 4.74 Å². The molecule has 0 amide bonds. The van der Waals surface area contributed by atoms with Gasteiger partial charge in [-0.05, 0) is 32.2 Å². The van der Waals surface area contributed by atoms with Crippen LogP contribution in [0.15, 0.2) is 0 Å². The highest BCUT2D eigenvalue weighted by molar-refractivity contribution is 4.75. The summed E-state index contributed by atoms with van der Waals surface area (Å²) in [7, 11) is 2.05. The summed E-state index contributed by atoms with van der Waals surface area (Å²) in [5, 5.41) is 3.40. The van der Waals surface area contributed by atoms with Gasteiger partial charge in [0.15, 0.2) is 0 Å². The fourth-order valence-corrected chi connectivity index (χ4v) is 2.51. The first-order valence-corrected chi connectivity index (χ1v) is 7.10. The molecule has 1 aliphatic rings. The summed E-state index contributed by atoms with van der Waals surface area (Å²) in [5.74, 6) is 0.969. The van der Waals surface area contributed by atoms with Crippen molar-refractivity contribution in [3.05, 3.63) is 0 Å². The molecule has 2 nitrogen and oxygen atoms in total. The molecule has 0 spiro atoms. The molecule has 0 radical (unpaired) electrons. The first-order valence-electron chi connectivity index (χ1n) is 7.10. The molecule has 0 aromatic heterocycles. The van der Waals surface area contributed by atoms with E-state index in [9.17, 15) is 0 Å². The highest BCUT2D eigenvalue weighted by atomic mass is 16.5. The van der Waals surface area contributed by atoms with E-state index < -0.39 is 0 Å². The van der Waals surface area contributed by atoms with Gasteiger partial charge >= 0.3 is 0 Å². The minimum Gasteiger partial charge on any atom is -0.377 e. The van der Waals surface area contributed by atoms with E-state index >= 15 is 0 Å². The summed E-state index contributed by atoms with van der Waals surface area (Å²) in [6, 6.07) is 0.538. The molecular weight excluding hydrogens is 198 g/mol. The summed E-state index contributed by atoms with van der Waals surface area (Å²) in [4.78, 5) is 0. The van der Waals surface area contributed by atoms with E-state index in [0.717, 1.165) is 18.9 Å². The lowest BCUT2D eigenvalue weighted by molar-refractivity contribution is 0.0117. The fraction of sp³-hybridized carbons (Fsp3) is 1.00. The molecule has 1 fully saturated rings. The van der Waals surface area contributed by atoms with Crippen LogP contribution in [-0.4, -0.2) is 25.8 Å². The van der Waals surface area contributed by atoms with Crippen molar-refractivity contribution in [2.45, 2.75) is 70.9 Å². The number of likely N-dealkylation sites (N-methyl/N-ethyl adjacent to an activating group) is 1. The molecule has 0 aromatic carbocycles. The van der Waals surface area contributed by atoms with Gasteiger partial charge in [-0.25, -0.2) is 0 Å². The van der Waals surface area contributed by atoms with Crippen molar-refractivity contribution >= 4 is 0 Å². The molecule has 1 saturated carbocycles. The molecule has 0 bridgehead atoms. The Morgan fingerprint density at radius 2 is 2.06 bits per heavy atom. The zero-order chi connectivity index (χ0) is 11.8. The van der Waals surface area contributed by atoms with E-state index in [1.54, 1.807) is 0 Å². The van der Waals surface area contributed by atoms with Crippen molar-refractivity contribution in [3.63, 3.8) is 0 Å². The van der Waals surface area contributed by atoms with Gasteiger partial charge in [0.25, 0.3) is 0 Å². The predicted molar refractivity (Wildman–Crippen MR) is 69.7 cm³/mol. The molecular formula is C14H29NO. The van der Waals surface area contributed by atoms with Gasteiger partial charge in [-0.15, -0.1) is 0 Å². The molecule has 96 valence electrons. The van der Waals surface area contributed by atoms with Crippen molar-refractivity contribution in [3.8, 4) is 0 Å². The maximum Gasteiger partial charge on any atom is 0.0725 e. The van der Waals surface area contributed by atoms with Crippen LogP contribution >= 0.6 is 0 Å². The van der Waals surface area contributed by atoms with Gasteiger partial charge in [-0.1, -0.05) is 39.5 Å². The van der Waals surface area contributed by atoms with Crippen LogP contribution in [-0.2, 0) is 4.74 Å². The lowest BCUT2D eigenvalue weighted by Gasteiger charge is -2.29. The average molecular weight is 227 g/mol. The summed E-state index contributed by atoms with van der Waals surface area (Å²) in [5.41, 5.74) is 0. The summed E-state index contributed by atoms with van der Waals surface area (Å²) in [6.45, 7) is 5.44. The molecule has 0 heterocycles. The van der Waals surface area contributed by atoms with Gasteiger partial charge < -0.3 is 10.1 Å². The van der Waals surface area contributed by atoms with Crippen LogP contribution in [0.4, 0.5) is 0 Å². The number of ether oxygens (including phenoxy) is 1. The zero-order valence-corrected chi connectivity index (χ0v) is 11.3. The Labute approximate surface area is 101 Å². The zero-order valence-electron chi connectivity index (χ0n) is 11.3. The van der Waals surface area contributed by atoms with Gasteiger partial charge in [0.2, 0.25) is 0 Å². The second-order valence-electron chi connectivity index (χ2n) is 5.09. The first-order chi connectivity index (χ1) is 7.81. The molecule has 1 aliphatic carbocycles. The van der Waals surface area contributed by atoms with E-state index in [4.69, 9.17) is 4.74 Å². The predicted octanol–water partition coefficient (Wildman–Crippen LogP) is 3.36. The monoisotopic (exact) mass is 227 g/mol. The van der Waals surface area contributed by atoms with E-state index in [1.165, 1.54) is 38.5 Å². The smallest absolute Gasteiger partial charge is 0.0725 e. The fourth-order valence-electron chi connectivity index (χ4n) is 2.51. The van der Waals surface area contributed by atoms with Crippen molar-refractivity contribution in [2.24, 2.45) is 5.92 Å². The Morgan fingerprint density at radius 3 is 2.50 bits per heavy atom. The average Bonchev–Trinajstić information content (AvgIpc) is 2.24. The largest absolute Gasteiger partial charge is 0.377 e. The Kier molecular flexibility index (Phi) is 7.06. The topological polar surface area (TPSA) is 21.3 Å². The van der Waals surface area contributed by atoms with Crippen LogP contribution < -0.4 is 5.32 Å². The number of hydrogen-bond acceptors (Lipinski definition) is 2. The van der Waals surface area contributed by atoms with Crippen molar-refractivity contribution in [2.75, 3.05) is 13.7 Å².